The van der Waals surface area contributed by atoms with Gasteiger partial charge in [0.05, 0.1) is 18.3 Å². The Kier molecular flexibility index (Phi) is 4.29. The quantitative estimate of drug-likeness (QED) is 0.708. The molecule has 0 heterocycles. The van der Waals surface area contributed by atoms with Gasteiger partial charge in [-0.25, -0.2) is 4.79 Å². The summed E-state index contributed by atoms with van der Waals surface area (Å²) in [4.78, 5) is 11.1. The summed E-state index contributed by atoms with van der Waals surface area (Å²) in [5, 5.41) is 18.4. The first-order valence-corrected chi connectivity index (χ1v) is 5.62. The summed E-state index contributed by atoms with van der Waals surface area (Å²) < 4.78 is 10.8. The van der Waals surface area contributed by atoms with E-state index in [0.717, 1.165) is 0 Å². The number of ether oxygens (including phenoxy) is 2. The molecule has 0 saturated heterocycles. The van der Waals surface area contributed by atoms with Gasteiger partial charge < -0.3 is 19.7 Å². The van der Waals surface area contributed by atoms with Gasteiger partial charge in [0.25, 0.3) is 0 Å². The minimum atomic E-state index is -1.17. The molecule has 0 aromatic heterocycles. The molecule has 2 atom stereocenters. The predicted octanol–water partition coefficient (Wildman–Crippen LogP) is 0.795. The van der Waals surface area contributed by atoms with Gasteiger partial charge in [0, 0.05) is 19.4 Å². The summed E-state index contributed by atoms with van der Waals surface area (Å²) in [5.41, 5.74) is -1.17. The number of carbonyl (C=O) groups is 1. The fourth-order valence-corrected chi connectivity index (χ4v) is 1.80. The van der Waals surface area contributed by atoms with Gasteiger partial charge in [-0.05, 0) is 20.8 Å². The minimum absolute atomic E-state index is 0.0395. The highest BCUT2D eigenvalue weighted by atomic mass is 16.6. The van der Waals surface area contributed by atoms with Crippen molar-refractivity contribution in [2.45, 2.75) is 57.5 Å². The Morgan fingerprint density at radius 2 is 2.06 bits per heavy atom. The van der Waals surface area contributed by atoms with Crippen molar-refractivity contribution in [1.29, 1.82) is 0 Å². The largest absolute Gasteiger partial charge is 0.479 e. The lowest BCUT2D eigenvalue weighted by Gasteiger charge is -2.45. The van der Waals surface area contributed by atoms with Crippen molar-refractivity contribution in [3.63, 3.8) is 0 Å². The Morgan fingerprint density at radius 1 is 1.50 bits per heavy atom. The van der Waals surface area contributed by atoms with E-state index in [9.17, 15) is 9.90 Å². The number of rotatable bonds is 6. The average Bonchev–Trinajstić information content (AvgIpc) is 2.13. The van der Waals surface area contributed by atoms with Crippen LogP contribution in [-0.4, -0.2) is 46.7 Å². The highest BCUT2D eigenvalue weighted by molar-refractivity contribution is 5.79. The zero-order valence-electron chi connectivity index (χ0n) is 9.97. The average molecular weight is 232 g/mol. The molecule has 2 unspecified atom stereocenters. The van der Waals surface area contributed by atoms with Gasteiger partial charge >= 0.3 is 5.97 Å². The zero-order valence-corrected chi connectivity index (χ0v) is 9.97. The van der Waals surface area contributed by atoms with Crippen LogP contribution in [0.4, 0.5) is 0 Å². The topological polar surface area (TPSA) is 76.0 Å². The van der Waals surface area contributed by atoms with Crippen molar-refractivity contribution >= 4 is 5.97 Å². The number of aliphatic hydroxyl groups excluding tert-OH is 1. The second kappa shape index (κ2) is 5.12. The summed E-state index contributed by atoms with van der Waals surface area (Å²) in [5.74, 6) is -0.976. The molecule has 0 amide bonds. The van der Waals surface area contributed by atoms with E-state index in [-0.39, 0.29) is 6.10 Å². The molecule has 0 bridgehead atoms. The summed E-state index contributed by atoms with van der Waals surface area (Å²) in [6, 6.07) is 0. The molecule has 0 radical (unpaired) electrons. The molecule has 0 aliphatic heterocycles. The van der Waals surface area contributed by atoms with Crippen molar-refractivity contribution in [2.24, 2.45) is 0 Å². The van der Waals surface area contributed by atoms with E-state index in [0.29, 0.717) is 19.4 Å². The number of aliphatic hydroxyl groups is 1. The lowest BCUT2D eigenvalue weighted by atomic mass is 9.77. The molecule has 1 aliphatic carbocycles. The van der Waals surface area contributed by atoms with Crippen LogP contribution in [0.1, 0.15) is 33.6 Å². The Bertz CT molecular complexity index is 245. The van der Waals surface area contributed by atoms with Crippen LogP contribution in [0.25, 0.3) is 0 Å². The molecule has 1 aliphatic rings. The Hall–Kier alpha value is -0.650. The summed E-state index contributed by atoms with van der Waals surface area (Å²) in [7, 11) is 0. The standard InChI is InChI=1S/C11H20O5/c1-4-15-9-5-11(6-9,10(13)14)16-8(3)7(2)12/h7-9,12H,4-6H2,1-3H3,(H,13,14). The third kappa shape index (κ3) is 2.72. The third-order valence-corrected chi connectivity index (χ3v) is 3.00. The molecule has 5 nitrogen and oxygen atoms in total. The second-order valence-electron chi connectivity index (χ2n) is 4.35. The lowest BCUT2D eigenvalue weighted by molar-refractivity contribution is -0.221. The maximum atomic E-state index is 11.1. The number of hydrogen-bond donors (Lipinski definition) is 2. The first-order valence-electron chi connectivity index (χ1n) is 5.62. The van der Waals surface area contributed by atoms with Crippen LogP contribution in [0.5, 0.6) is 0 Å². The van der Waals surface area contributed by atoms with Crippen molar-refractivity contribution in [1.82, 2.24) is 0 Å². The highest BCUT2D eigenvalue weighted by Crippen LogP contribution is 2.39. The smallest absolute Gasteiger partial charge is 0.336 e. The van der Waals surface area contributed by atoms with Gasteiger partial charge in [-0.1, -0.05) is 0 Å². The van der Waals surface area contributed by atoms with Gasteiger partial charge in [0.2, 0.25) is 0 Å². The molecule has 0 aromatic rings. The van der Waals surface area contributed by atoms with Crippen molar-refractivity contribution in [2.75, 3.05) is 6.61 Å². The van der Waals surface area contributed by atoms with Crippen LogP contribution < -0.4 is 0 Å². The monoisotopic (exact) mass is 232 g/mol. The van der Waals surface area contributed by atoms with Gasteiger partial charge in [0.15, 0.2) is 5.60 Å². The molecule has 16 heavy (non-hydrogen) atoms. The van der Waals surface area contributed by atoms with E-state index in [2.05, 4.69) is 0 Å². The third-order valence-electron chi connectivity index (χ3n) is 3.00. The zero-order chi connectivity index (χ0) is 12.3. The number of aliphatic carboxylic acids is 1. The van der Waals surface area contributed by atoms with Gasteiger partial charge in [-0.15, -0.1) is 0 Å². The molecule has 1 rings (SSSR count). The molecule has 0 spiro atoms. The molecule has 1 saturated carbocycles. The van der Waals surface area contributed by atoms with Crippen LogP contribution in [0.15, 0.2) is 0 Å². The van der Waals surface area contributed by atoms with Crippen molar-refractivity contribution in [3.8, 4) is 0 Å². The predicted molar refractivity (Wildman–Crippen MR) is 57.2 cm³/mol. The molecule has 1 fully saturated rings. The second-order valence-corrected chi connectivity index (χ2v) is 4.35. The molecule has 94 valence electrons. The fourth-order valence-electron chi connectivity index (χ4n) is 1.80. The minimum Gasteiger partial charge on any atom is -0.479 e. The Labute approximate surface area is 95.4 Å². The van der Waals surface area contributed by atoms with E-state index in [4.69, 9.17) is 14.6 Å². The van der Waals surface area contributed by atoms with Crippen LogP contribution in [-0.2, 0) is 14.3 Å². The first-order chi connectivity index (χ1) is 7.41. The molecule has 5 heteroatoms. The van der Waals surface area contributed by atoms with E-state index < -0.39 is 23.8 Å². The van der Waals surface area contributed by atoms with Crippen LogP contribution in [0.3, 0.4) is 0 Å². The Morgan fingerprint density at radius 3 is 2.44 bits per heavy atom. The number of hydrogen-bond acceptors (Lipinski definition) is 4. The van der Waals surface area contributed by atoms with Gasteiger partial charge in [-0.3, -0.25) is 0 Å². The van der Waals surface area contributed by atoms with Crippen LogP contribution in [0, 0.1) is 0 Å². The van der Waals surface area contributed by atoms with Crippen LogP contribution in [0.2, 0.25) is 0 Å². The lowest BCUT2D eigenvalue weighted by Crippen LogP contribution is -2.58. The Balaban J connectivity index is 2.54. The van der Waals surface area contributed by atoms with Crippen LogP contribution >= 0.6 is 0 Å². The van der Waals surface area contributed by atoms with E-state index >= 15 is 0 Å². The summed E-state index contributed by atoms with van der Waals surface area (Å²) >= 11 is 0. The summed E-state index contributed by atoms with van der Waals surface area (Å²) in [6.45, 7) is 5.70. The van der Waals surface area contributed by atoms with Gasteiger partial charge in [0.1, 0.15) is 0 Å². The van der Waals surface area contributed by atoms with E-state index in [1.165, 1.54) is 0 Å². The normalized spacial score (nSPS) is 32.9. The highest BCUT2D eigenvalue weighted by Gasteiger charge is 2.53. The fraction of sp³-hybridized carbons (Fsp3) is 0.909. The first kappa shape index (κ1) is 13.4. The maximum absolute atomic E-state index is 11.1. The number of carboxylic acid groups (broad SMARTS) is 1. The molecular weight excluding hydrogens is 212 g/mol. The van der Waals surface area contributed by atoms with E-state index in [1.807, 2.05) is 6.92 Å². The molecule has 2 N–H and O–H groups in total. The van der Waals surface area contributed by atoms with Gasteiger partial charge in [-0.2, -0.15) is 0 Å². The SMILES string of the molecule is CCOC1CC(OC(C)C(C)O)(C(=O)O)C1. The maximum Gasteiger partial charge on any atom is 0.336 e. The molecular formula is C11H20O5. The van der Waals surface area contributed by atoms with Crippen molar-refractivity contribution < 1.29 is 24.5 Å². The summed E-state index contributed by atoms with van der Waals surface area (Å²) in [6.07, 6.45) is -0.496. The van der Waals surface area contributed by atoms with E-state index in [1.54, 1.807) is 13.8 Å². The number of carboxylic acids is 1. The van der Waals surface area contributed by atoms with Crippen molar-refractivity contribution in [3.05, 3.63) is 0 Å². The molecule has 0 aromatic carbocycles.